The summed E-state index contributed by atoms with van der Waals surface area (Å²) < 4.78 is 25.8. The summed E-state index contributed by atoms with van der Waals surface area (Å²) in [5.74, 6) is 0.184. The van der Waals surface area contributed by atoms with Crippen LogP contribution >= 0.6 is 0 Å². The highest BCUT2D eigenvalue weighted by Crippen LogP contribution is 2.22. The number of phenols is 1. The van der Waals surface area contributed by atoms with Crippen molar-refractivity contribution < 1.29 is 13.5 Å². The summed E-state index contributed by atoms with van der Waals surface area (Å²) in [7, 11) is -1.97. The van der Waals surface area contributed by atoms with E-state index in [1.807, 2.05) is 20.8 Å². The molecule has 1 aromatic carbocycles. The molecule has 0 fully saturated rings. The van der Waals surface area contributed by atoms with E-state index in [1.165, 1.54) is 28.6 Å². The van der Waals surface area contributed by atoms with Gasteiger partial charge in [0.2, 0.25) is 10.0 Å². The van der Waals surface area contributed by atoms with Gasteiger partial charge in [-0.2, -0.15) is 4.31 Å². The SMILES string of the molecule is CC(C)C(C)N(C)S(=O)(=O)c1cccc(O)c1. The van der Waals surface area contributed by atoms with Crippen LogP contribution in [0.25, 0.3) is 0 Å². The molecule has 1 unspecified atom stereocenters. The number of sulfonamides is 1. The minimum atomic E-state index is -3.53. The van der Waals surface area contributed by atoms with Gasteiger partial charge in [0, 0.05) is 13.1 Å². The molecule has 0 radical (unpaired) electrons. The van der Waals surface area contributed by atoms with Crippen LogP contribution in [0.1, 0.15) is 20.8 Å². The van der Waals surface area contributed by atoms with Crippen LogP contribution in [0.3, 0.4) is 0 Å². The van der Waals surface area contributed by atoms with Gasteiger partial charge in [0.15, 0.2) is 0 Å². The molecule has 96 valence electrons. The Morgan fingerprint density at radius 2 is 1.82 bits per heavy atom. The van der Waals surface area contributed by atoms with Gasteiger partial charge in [-0.3, -0.25) is 0 Å². The normalized spacial score (nSPS) is 14.2. The van der Waals surface area contributed by atoms with Crippen LogP contribution in [0.4, 0.5) is 0 Å². The molecule has 4 nitrogen and oxygen atoms in total. The van der Waals surface area contributed by atoms with E-state index in [0.29, 0.717) is 0 Å². The lowest BCUT2D eigenvalue weighted by Crippen LogP contribution is -2.38. The highest BCUT2D eigenvalue weighted by atomic mass is 32.2. The first-order valence-corrected chi connectivity index (χ1v) is 6.98. The first-order valence-electron chi connectivity index (χ1n) is 5.54. The van der Waals surface area contributed by atoms with Crippen molar-refractivity contribution in [2.24, 2.45) is 5.92 Å². The summed E-state index contributed by atoms with van der Waals surface area (Å²) in [6.07, 6.45) is 0. The van der Waals surface area contributed by atoms with E-state index in [4.69, 9.17) is 0 Å². The zero-order chi connectivity index (χ0) is 13.2. The van der Waals surface area contributed by atoms with Crippen LogP contribution in [0.5, 0.6) is 5.75 Å². The highest BCUT2D eigenvalue weighted by Gasteiger charge is 2.27. The van der Waals surface area contributed by atoms with Gasteiger partial charge in [0.1, 0.15) is 5.75 Å². The van der Waals surface area contributed by atoms with E-state index in [1.54, 1.807) is 7.05 Å². The van der Waals surface area contributed by atoms with Crippen LogP contribution in [0, 0.1) is 5.92 Å². The van der Waals surface area contributed by atoms with E-state index in [0.717, 1.165) is 0 Å². The number of hydrogen-bond donors (Lipinski definition) is 1. The van der Waals surface area contributed by atoms with Crippen LogP contribution in [0.2, 0.25) is 0 Å². The zero-order valence-electron chi connectivity index (χ0n) is 10.6. The number of benzene rings is 1. The predicted molar refractivity (Wildman–Crippen MR) is 67.4 cm³/mol. The minimum Gasteiger partial charge on any atom is -0.508 e. The molecule has 0 saturated heterocycles. The van der Waals surface area contributed by atoms with Crippen LogP contribution in [-0.4, -0.2) is 30.9 Å². The molecule has 0 heterocycles. The lowest BCUT2D eigenvalue weighted by Gasteiger charge is -2.27. The summed E-state index contributed by atoms with van der Waals surface area (Å²) in [4.78, 5) is 0.118. The monoisotopic (exact) mass is 257 g/mol. The van der Waals surface area contributed by atoms with E-state index in [9.17, 15) is 13.5 Å². The summed E-state index contributed by atoms with van der Waals surface area (Å²) in [5, 5.41) is 9.32. The van der Waals surface area contributed by atoms with Crippen molar-refractivity contribution in [2.45, 2.75) is 31.7 Å². The summed E-state index contributed by atoms with van der Waals surface area (Å²) in [6, 6.07) is 5.63. The van der Waals surface area contributed by atoms with E-state index in [-0.39, 0.29) is 22.6 Å². The molecule has 1 rings (SSSR count). The number of aromatic hydroxyl groups is 1. The van der Waals surface area contributed by atoms with Crippen LogP contribution < -0.4 is 0 Å². The molecule has 0 saturated carbocycles. The van der Waals surface area contributed by atoms with Crippen molar-refractivity contribution in [3.63, 3.8) is 0 Å². The first kappa shape index (κ1) is 14.0. The van der Waals surface area contributed by atoms with Crippen molar-refractivity contribution in [1.29, 1.82) is 0 Å². The molecule has 0 aliphatic carbocycles. The topological polar surface area (TPSA) is 57.6 Å². The summed E-state index contributed by atoms with van der Waals surface area (Å²) in [5.41, 5.74) is 0. The van der Waals surface area contributed by atoms with Crippen LogP contribution in [-0.2, 0) is 10.0 Å². The van der Waals surface area contributed by atoms with Crippen molar-refractivity contribution in [1.82, 2.24) is 4.31 Å². The number of rotatable bonds is 4. The highest BCUT2D eigenvalue weighted by molar-refractivity contribution is 7.89. The third-order valence-corrected chi connectivity index (χ3v) is 4.97. The van der Waals surface area contributed by atoms with E-state index < -0.39 is 10.0 Å². The minimum absolute atomic E-state index is 0.0447. The molecule has 17 heavy (non-hydrogen) atoms. The maximum absolute atomic E-state index is 12.2. The number of hydrogen-bond acceptors (Lipinski definition) is 3. The molecule has 0 bridgehead atoms. The Morgan fingerprint density at radius 3 is 2.29 bits per heavy atom. The zero-order valence-corrected chi connectivity index (χ0v) is 11.4. The number of nitrogens with zero attached hydrogens (tertiary/aromatic N) is 1. The molecule has 0 aliphatic heterocycles. The van der Waals surface area contributed by atoms with Crippen LogP contribution in [0.15, 0.2) is 29.2 Å². The second kappa shape index (κ2) is 5.06. The molecule has 0 spiro atoms. The quantitative estimate of drug-likeness (QED) is 0.898. The Hall–Kier alpha value is -1.07. The third-order valence-electron chi connectivity index (χ3n) is 3.03. The molecular weight excluding hydrogens is 238 g/mol. The smallest absolute Gasteiger partial charge is 0.243 e. The molecular formula is C12H19NO3S. The Bertz CT molecular complexity index is 482. The van der Waals surface area contributed by atoms with Crippen molar-refractivity contribution >= 4 is 10.0 Å². The first-order chi connectivity index (χ1) is 7.76. The van der Waals surface area contributed by atoms with Crippen molar-refractivity contribution in [3.8, 4) is 5.75 Å². The van der Waals surface area contributed by atoms with Gasteiger partial charge in [-0.15, -0.1) is 0 Å². The molecule has 0 aliphatic rings. The fraction of sp³-hybridized carbons (Fsp3) is 0.500. The fourth-order valence-electron chi connectivity index (χ4n) is 1.45. The van der Waals surface area contributed by atoms with Gasteiger partial charge in [-0.25, -0.2) is 8.42 Å². The van der Waals surface area contributed by atoms with Gasteiger partial charge < -0.3 is 5.11 Å². The molecule has 0 amide bonds. The second-order valence-electron chi connectivity index (χ2n) is 4.50. The third kappa shape index (κ3) is 2.98. The summed E-state index contributed by atoms with van der Waals surface area (Å²) >= 11 is 0. The molecule has 1 atom stereocenters. The Labute approximate surface area is 103 Å². The average molecular weight is 257 g/mol. The fourth-order valence-corrected chi connectivity index (χ4v) is 2.98. The van der Waals surface area contributed by atoms with Gasteiger partial charge in [-0.05, 0) is 31.0 Å². The van der Waals surface area contributed by atoms with E-state index >= 15 is 0 Å². The Morgan fingerprint density at radius 1 is 1.24 bits per heavy atom. The Kier molecular flexibility index (Phi) is 4.16. The van der Waals surface area contributed by atoms with Gasteiger partial charge in [0.05, 0.1) is 4.90 Å². The molecule has 1 N–H and O–H groups in total. The predicted octanol–water partition coefficient (Wildman–Crippen LogP) is 2.06. The maximum atomic E-state index is 12.2. The lowest BCUT2D eigenvalue weighted by atomic mass is 10.1. The van der Waals surface area contributed by atoms with Crippen molar-refractivity contribution in [3.05, 3.63) is 24.3 Å². The van der Waals surface area contributed by atoms with Crippen molar-refractivity contribution in [2.75, 3.05) is 7.05 Å². The molecule has 1 aromatic rings. The second-order valence-corrected chi connectivity index (χ2v) is 6.50. The number of phenolic OH excluding ortho intramolecular Hbond substituents is 1. The maximum Gasteiger partial charge on any atom is 0.243 e. The van der Waals surface area contributed by atoms with Gasteiger partial charge in [0.25, 0.3) is 0 Å². The average Bonchev–Trinajstić information content (AvgIpc) is 2.26. The lowest BCUT2D eigenvalue weighted by molar-refractivity contribution is 0.315. The summed E-state index contributed by atoms with van der Waals surface area (Å²) in [6.45, 7) is 5.81. The molecule has 5 heteroatoms. The van der Waals surface area contributed by atoms with Gasteiger partial charge >= 0.3 is 0 Å². The van der Waals surface area contributed by atoms with Gasteiger partial charge in [-0.1, -0.05) is 19.9 Å². The standard InChI is InChI=1S/C12H19NO3S/c1-9(2)10(3)13(4)17(15,16)12-7-5-6-11(14)8-12/h5-10,14H,1-4H3. The Balaban J connectivity index is 3.12. The molecule has 0 aromatic heterocycles. The largest absolute Gasteiger partial charge is 0.508 e. The van der Waals surface area contributed by atoms with E-state index in [2.05, 4.69) is 0 Å².